The number of fused-ring (bicyclic) bond motifs is 14. The Hall–Kier alpha value is -5.32. The fourth-order valence-electron chi connectivity index (χ4n) is 9.46. The maximum Gasteiger partial charge on any atom is 0.124 e. The Morgan fingerprint density at radius 3 is 1.13 bits per heavy atom. The van der Waals surface area contributed by atoms with E-state index in [1.165, 1.54) is 92.9 Å². The number of rotatable bonds is 2. The minimum atomic E-state index is -2.98. The Labute approximate surface area is 311 Å². The van der Waals surface area contributed by atoms with Crippen LogP contribution in [0.4, 0.5) is 0 Å². The lowest BCUT2D eigenvalue weighted by Crippen LogP contribution is -2.25. The summed E-state index contributed by atoms with van der Waals surface area (Å²) >= 11 is 0. The van der Waals surface area contributed by atoms with Gasteiger partial charge in [-0.15, -0.1) is 0 Å². The molecule has 0 unspecified atom stereocenters. The predicted molar refractivity (Wildman–Crippen MR) is 229 cm³/mol. The van der Waals surface area contributed by atoms with Gasteiger partial charge >= 0.3 is 0 Å². The van der Waals surface area contributed by atoms with Crippen molar-refractivity contribution < 1.29 is 4.57 Å². The van der Waals surface area contributed by atoms with Gasteiger partial charge in [0.1, 0.15) is 7.14 Å². The first-order valence-electron chi connectivity index (χ1n) is 18.6. The minimum Gasteiger partial charge on any atom is -0.318 e. The molecule has 0 aliphatic carbocycles. The molecule has 0 amide bonds. The summed E-state index contributed by atoms with van der Waals surface area (Å²) in [5, 5.41) is 12.5. The molecular formula is C50H36OP2. The molecule has 0 radical (unpaired) electrons. The van der Waals surface area contributed by atoms with Crippen molar-refractivity contribution in [1.29, 1.82) is 0 Å². The van der Waals surface area contributed by atoms with Gasteiger partial charge in [0.05, 0.1) is 0 Å². The molecular weight excluding hydrogens is 678 g/mol. The Morgan fingerprint density at radius 2 is 0.698 bits per heavy atom. The molecule has 53 heavy (non-hydrogen) atoms. The van der Waals surface area contributed by atoms with Gasteiger partial charge in [0.25, 0.3) is 0 Å². The molecule has 9 aromatic carbocycles. The topological polar surface area (TPSA) is 17.1 Å². The summed E-state index contributed by atoms with van der Waals surface area (Å²) in [6.07, 6.45) is 3.02. The zero-order chi connectivity index (χ0) is 35.1. The second-order valence-electron chi connectivity index (χ2n) is 14.8. The molecule has 3 heteroatoms. The highest BCUT2D eigenvalue weighted by molar-refractivity contribution is 7.74. The highest BCUT2D eigenvalue weighted by atomic mass is 31.2. The maximum absolute atomic E-state index is 16.3. The van der Waals surface area contributed by atoms with E-state index in [1.54, 1.807) is 0 Å². The van der Waals surface area contributed by atoms with Crippen LogP contribution in [-0.4, -0.2) is 0 Å². The third-order valence-electron chi connectivity index (χ3n) is 11.8. The van der Waals surface area contributed by atoms with Crippen LogP contribution in [0.1, 0.15) is 22.3 Å². The second kappa shape index (κ2) is 12.1. The standard InChI is InChI=1S/C50H36OP2/c51-53(31-39-27-23-35-13-3-7-17-43(35)49(39)50-40(32-53)28-24-36-14-4-8-18-44(36)50)46-20-10-9-19-45(46)52-29-37-25-21-33-11-1-5-15-41(33)47(37)48-38(30-52)26-22-34-12-2-6-16-42(34)48/h1-28H,29-32H2. The van der Waals surface area contributed by atoms with Crippen LogP contribution in [0.15, 0.2) is 170 Å². The molecule has 0 saturated heterocycles. The SMILES string of the molecule is O=P1(c2ccccc2P2Cc3ccc4ccccc4c3-c3c(ccc4ccccc34)C2)Cc2ccc3ccccc3c2-c2c(ccc3ccccc23)C1. The summed E-state index contributed by atoms with van der Waals surface area (Å²) in [5.74, 6) is 0. The molecule has 9 aromatic rings. The van der Waals surface area contributed by atoms with Crippen LogP contribution in [0.5, 0.6) is 0 Å². The van der Waals surface area contributed by atoms with Gasteiger partial charge in [0.2, 0.25) is 0 Å². The van der Waals surface area contributed by atoms with Crippen molar-refractivity contribution >= 4 is 68.8 Å². The number of hydrogen-bond acceptors (Lipinski definition) is 1. The van der Waals surface area contributed by atoms with Gasteiger partial charge < -0.3 is 4.57 Å². The third-order valence-corrected chi connectivity index (χ3v) is 17.5. The lowest BCUT2D eigenvalue weighted by Gasteiger charge is -2.26. The molecule has 1 nitrogen and oxygen atoms in total. The lowest BCUT2D eigenvalue weighted by molar-refractivity contribution is 0.580. The Bertz CT molecular complexity index is 2830. The van der Waals surface area contributed by atoms with Crippen LogP contribution in [0, 0.1) is 0 Å². The molecule has 0 atom stereocenters. The van der Waals surface area contributed by atoms with Crippen LogP contribution in [0.2, 0.25) is 0 Å². The third kappa shape index (κ3) is 4.92. The summed E-state index contributed by atoms with van der Waals surface area (Å²) in [7, 11) is -3.71. The van der Waals surface area contributed by atoms with Gasteiger partial charge in [-0.1, -0.05) is 178 Å². The van der Waals surface area contributed by atoms with Crippen molar-refractivity contribution in [3.05, 3.63) is 192 Å². The molecule has 11 rings (SSSR count). The zero-order valence-corrected chi connectivity index (χ0v) is 31.1. The average molecular weight is 715 g/mol. The molecule has 2 heterocycles. The Balaban J connectivity index is 1.13. The second-order valence-corrected chi connectivity index (χ2v) is 19.9. The highest BCUT2D eigenvalue weighted by Crippen LogP contribution is 2.60. The molecule has 0 fully saturated rings. The molecule has 2 aliphatic rings. The van der Waals surface area contributed by atoms with Crippen LogP contribution in [-0.2, 0) is 29.2 Å². The normalized spacial score (nSPS) is 15.0. The molecule has 0 spiro atoms. The van der Waals surface area contributed by atoms with E-state index in [9.17, 15) is 0 Å². The Kier molecular flexibility index (Phi) is 7.14. The fourth-order valence-corrected chi connectivity index (χ4v) is 15.9. The summed E-state index contributed by atoms with van der Waals surface area (Å²) in [6, 6.07) is 62.4. The average Bonchev–Trinajstić information content (AvgIpc) is 3.47. The monoisotopic (exact) mass is 714 g/mol. The molecule has 0 bridgehead atoms. The molecule has 2 aliphatic heterocycles. The van der Waals surface area contributed by atoms with Gasteiger partial charge in [-0.25, -0.2) is 0 Å². The zero-order valence-electron chi connectivity index (χ0n) is 29.3. The van der Waals surface area contributed by atoms with Crippen molar-refractivity contribution in [3.8, 4) is 22.3 Å². The predicted octanol–water partition coefficient (Wildman–Crippen LogP) is 13.2. The van der Waals surface area contributed by atoms with E-state index in [4.69, 9.17) is 0 Å². The smallest absolute Gasteiger partial charge is 0.124 e. The van der Waals surface area contributed by atoms with E-state index in [-0.39, 0.29) is 0 Å². The largest absolute Gasteiger partial charge is 0.318 e. The van der Waals surface area contributed by atoms with E-state index >= 15 is 4.57 Å². The van der Waals surface area contributed by atoms with Crippen LogP contribution >= 0.6 is 15.1 Å². The Morgan fingerprint density at radius 1 is 0.358 bits per heavy atom. The van der Waals surface area contributed by atoms with Crippen LogP contribution in [0.25, 0.3) is 65.3 Å². The van der Waals surface area contributed by atoms with Gasteiger partial charge in [0, 0.05) is 17.6 Å². The van der Waals surface area contributed by atoms with Crippen molar-refractivity contribution in [2.75, 3.05) is 0 Å². The first-order chi connectivity index (χ1) is 26.1. The molecule has 252 valence electrons. The first kappa shape index (κ1) is 31.2. The lowest BCUT2D eigenvalue weighted by atomic mass is 9.88. The van der Waals surface area contributed by atoms with E-state index in [0.717, 1.165) is 17.6 Å². The fraction of sp³-hybridized carbons (Fsp3) is 0.0800. The summed E-state index contributed by atoms with van der Waals surface area (Å²) in [6.45, 7) is 0. The van der Waals surface area contributed by atoms with Crippen molar-refractivity contribution in [3.63, 3.8) is 0 Å². The van der Waals surface area contributed by atoms with Crippen molar-refractivity contribution in [2.24, 2.45) is 0 Å². The van der Waals surface area contributed by atoms with Crippen LogP contribution < -0.4 is 10.6 Å². The molecule has 0 N–H and O–H groups in total. The summed E-state index contributed by atoms with van der Waals surface area (Å²) in [5.41, 5.74) is 10.4. The van der Waals surface area contributed by atoms with Gasteiger partial charge in [0.15, 0.2) is 0 Å². The van der Waals surface area contributed by atoms with Crippen molar-refractivity contribution in [1.82, 2.24) is 0 Å². The summed E-state index contributed by atoms with van der Waals surface area (Å²) < 4.78 is 16.3. The highest BCUT2D eigenvalue weighted by Gasteiger charge is 2.36. The quantitative estimate of drug-likeness (QED) is 0.163. The molecule has 0 saturated carbocycles. The van der Waals surface area contributed by atoms with E-state index < -0.39 is 15.1 Å². The summed E-state index contributed by atoms with van der Waals surface area (Å²) in [4.78, 5) is 0. The first-order valence-corrected chi connectivity index (χ1v) is 22.4. The van der Waals surface area contributed by atoms with Crippen molar-refractivity contribution in [2.45, 2.75) is 24.6 Å². The minimum absolute atomic E-state index is 0.554. The van der Waals surface area contributed by atoms with Gasteiger partial charge in [-0.05, 0) is 105 Å². The number of benzene rings is 9. The van der Waals surface area contributed by atoms with E-state index in [1.807, 2.05) is 0 Å². The van der Waals surface area contributed by atoms with E-state index in [0.29, 0.717) is 12.3 Å². The maximum atomic E-state index is 16.3. The van der Waals surface area contributed by atoms with Crippen LogP contribution in [0.3, 0.4) is 0 Å². The van der Waals surface area contributed by atoms with E-state index in [2.05, 4.69) is 170 Å². The molecule has 0 aromatic heterocycles. The number of hydrogen-bond donors (Lipinski definition) is 0. The van der Waals surface area contributed by atoms with Gasteiger partial charge in [-0.2, -0.15) is 0 Å². The van der Waals surface area contributed by atoms with Gasteiger partial charge in [-0.3, -0.25) is 0 Å².